The molecule has 0 aliphatic carbocycles. The molecule has 0 unspecified atom stereocenters. The molecule has 0 aliphatic heterocycles. The van der Waals surface area contributed by atoms with E-state index in [4.69, 9.17) is 0 Å². The Labute approximate surface area is 92.7 Å². The first kappa shape index (κ1) is 11.2. The van der Waals surface area contributed by atoms with Gasteiger partial charge in [-0.05, 0) is 48.3 Å². The van der Waals surface area contributed by atoms with Gasteiger partial charge in [0.2, 0.25) is 0 Å². The second-order valence-corrected chi connectivity index (χ2v) is 5.83. The van der Waals surface area contributed by atoms with E-state index in [1.54, 1.807) is 11.3 Å². The molecule has 0 bridgehead atoms. The summed E-state index contributed by atoms with van der Waals surface area (Å²) in [6.07, 6.45) is 1.18. The van der Waals surface area contributed by atoms with Gasteiger partial charge in [-0.15, -0.1) is 11.3 Å². The van der Waals surface area contributed by atoms with E-state index in [1.807, 2.05) is 0 Å². The highest BCUT2D eigenvalue weighted by molar-refractivity contribution is 9.11. The molecule has 1 aromatic rings. The van der Waals surface area contributed by atoms with Crippen LogP contribution in [0.2, 0.25) is 0 Å². The standard InChI is InChI=1S/C10H16BrNS/c1-4-7(2)12-8(3)9-5-6-10(11)13-9/h5-8,12H,4H2,1-3H3/t7-,8-/m0/s1. The average molecular weight is 262 g/mol. The molecule has 74 valence electrons. The minimum Gasteiger partial charge on any atom is -0.307 e. The Morgan fingerprint density at radius 3 is 2.62 bits per heavy atom. The lowest BCUT2D eigenvalue weighted by molar-refractivity contribution is 0.474. The number of halogens is 1. The highest BCUT2D eigenvalue weighted by Gasteiger charge is 2.09. The Hall–Kier alpha value is 0.140. The van der Waals surface area contributed by atoms with Gasteiger partial charge in [-0.3, -0.25) is 0 Å². The van der Waals surface area contributed by atoms with Crippen molar-refractivity contribution in [3.8, 4) is 0 Å². The van der Waals surface area contributed by atoms with E-state index >= 15 is 0 Å². The number of hydrogen-bond donors (Lipinski definition) is 1. The third-order valence-corrected chi connectivity index (χ3v) is 3.97. The summed E-state index contributed by atoms with van der Waals surface area (Å²) in [5.74, 6) is 0. The van der Waals surface area contributed by atoms with Crippen LogP contribution in [0.4, 0.5) is 0 Å². The summed E-state index contributed by atoms with van der Waals surface area (Å²) in [4.78, 5) is 1.40. The largest absolute Gasteiger partial charge is 0.307 e. The summed E-state index contributed by atoms with van der Waals surface area (Å²) < 4.78 is 1.21. The van der Waals surface area contributed by atoms with Gasteiger partial charge >= 0.3 is 0 Å². The molecule has 2 atom stereocenters. The van der Waals surface area contributed by atoms with Gasteiger partial charge in [0.25, 0.3) is 0 Å². The zero-order chi connectivity index (χ0) is 9.84. The molecule has 1 N–H and O–H groups in total. The molecule has 1 nitrogen and oxygen atoms in total. The van der Waals surface area contributed by atoms with Crippen LogP contribution >= 0.6 is 27.3 Å². The molecule has 3 heteroatoms. The molecule has 0 saturated carbocycles. The Morgan fingerprint density at radius 2 is 2.15 bits per heavy atom. The molecule has 1 heterocycles. The maximum atomic E-state index is 3.55. The molecule has 0 spiro atoms. The molecular weight excluding hydrogens is 246 g/mol. The van der Waals surface area contributed by atoms with Crippen LogP contribution in [0.5, 0.6) is 0 Å². The van der Waals surface area contributed by atoms with E-state index in [-0.39, 0.29) is 0 Å². The van der Waals surface area contributed by atoms with E-state index in [1.165, 1.54) is 15.1 Å². The summed E-state index contributed by atoms with van der Waals surface area (Å²) in [6.45, 7) is 6.64. The van der Waals surface area contributed by atoms with Gasteiger partial charge in [0.15, 0.2) is 0 Å². The Morgan fingerprint density at radius 1 is 1.46 bits per heavy atom. The van der Waals surface area contributed by atoms with Gasteiger partial charge in [-0.2, -0.15) is 0 Å². The zero-order valence-corrected chi connectivity index (χ0v) is 10.7. The fourth-order valence-electron chi connectivity index (χ4n) is 1.19. The first-order valence-electron chi connectivity index (χ1n) is 4.64. The van der Waals surface area contributed by atoms with Crippen molar-refractivity contribution in [1.82, 2.24) is 5.32 Å². The Balaban J connectivity index is 2.53. The smallest absolute Gasteiger partial charge is 0.0701 e. The molecule has 13 heavy (non-hydrogen) atoms. The summed E-state index contributed by atoms with van der Waals surface area (Å²) in [5, 5.41) is 3.55. The van der Waals surface area contributed by atoms with E-state index in [9.17, 15) is 0 Å². The molecule has 1 rings (SSSR count). The van der Waals surface area contributed by atoms with Crippen LogP contribution < -0.4 is 5.32 Å². The van der Waals surface area contributed by atoms with Crippen LogP contribution in [0.1, 0.15) is 38.1 Å². The van der Waals surface area contributed by atoms with Crippen LogP contribution in [0.3, 0.4) is 0 Å². The van der Waals surface area contributed by atoms with Crippen molar-refractivity contribution in [2.45, 2.75) is 39.3 Å². The average Bonchev–Trinajstić information content (AvgIpc) is 2.51. The first-order chi connectivity index (χ1) is 6.13. The van der Waals surface area contributed by atoms with E-state index < -0.39 is 0 Å². The first-order valence-corrected chi connectivity index (χ1v) is 6.25. The second-order valence-electron chi connectivity index (χ2n) is 3.34. The van der Waals surface area contributed by atoms with E-state index in [2.05, 4.69) is 54.2 Å². The van der Waals surface area contributed by atoms with Crippen LogP contribution in [-0.4, -0.2) is 6.04 Å². The van der Waals surface area contributed by atoms with Crippen molar-refractivity contribution in [3.05, 3.63) is 20.8 Å². The van der Waals surface area contributed by atoms with Gasteiger partial charge in [0, 0.05) is 17.0 Å². The number of rotatable bonds is 4. The summed E-state index contributed by atoms with van der Waals surface area (Å²) in [6, 6.07) is 5.34. The van der Waals surface area contributed by atoms with Crippen LogP contribution in [0.25, 0.3) is 0 Å². The lowest BCUT2D eigenvalue weighted by Crippen LogP contribution is -2.27. The molecule has 0 aliphatic rings. The van der Waals surface area contributed by atoms with Crippen molar-refractivity contribution in [1.29, 1.82) is 0 Å². The molecule has 1 aromatic heterocycles. The lowest BCUT2D eigenvalue weighted by Gasteiger charge is -2.17. The maximum Gasteiger partial charge on any atom is 0.0701 e. The third kappa shape index (κ3) is 3.41. The molecule has 0 fully saturated rings. The molecular formula is C10H16BrNS. The fourth-order valence-corrected chi connectivity index (χ4v) is 2.62. The predicted octanol–water partition coefficient (Wildman–Crippen LogP) is 3.96. The highest BCUT2D eigenvalue weighted by Crippen LogP contribution is 2.27. The lowest BCUT2D eigenvalue weighted by atomic mass is 10.2. The third-order valence-electron chi connectivity index (χ3n) is 2.17. The van der Waals surface area contributed by atoms with Crippen LogP contribution in [0, 0.1) is 0 Å². The SMILES string of the molecule is CC[C@H](C)N[C@@H](C)c1ccc(Br)s1. The quantitative estimate of drug-likeness (QED) is 0.866. The van der Waals surface area contributed by atoms with E-state index in [0.29, 0.717) is 12.1 Å². The molecule has 0 saturated heterocycles. The van der Waals surface area contributed by atoms with Gasteiger partial charge in [0.1, 0.15) is 0 Å². The summed E-state index contributed by atoms with van der Waals surface area (Å²) in [5.41, 5.74) is 0. The van der Waals surface area contributed by atoms with Crippen molar-refractivity contribution >= 4 is 27.3 Å². The normalized spacial score (nSPS) is 15.7. The Kier molecular flexibility index (Phi) is 4.42. The second kappa shape index (κ2) is 5.13. The number of hydrogen-bond acceptors (Lipinski definition) is 2. The minimum absolute atomic E-state index is 0.464. The highest BCUT2D eigenvalue weighted by atomic mass is 79.9. The van der Waals surface area contributed by atoms with Crippen LogP contribution in [0.15, 0.2) is 15.9 Å². The number of nitrogens with one attached hydrogen (secondary N) is 1. The number of thiophene rings is 1. The zero-order valence-electron chi connectivity index (χ0n) is 8.30. The van der Waals surface area contributed by atoms with Crippen molar-refractivity contribution in [2.75, 3.05) is 0 Å². The summed E-state index contributed by atoms with van der Waals surface area (Å²) in [7, 11) is 0. The summed E-state index contributed by atoms with van der Waals surface area (Å²) >= 11 is 5.28. The van der Waals surface area contributed by atoms with Crippen LogP contribution in [-0.2, 0) is 0 Å². The topological polar surface area (TPSA) is 12.0 Å². The van der Waals surface area contributed by atoms with Gasteiger partial charge in [-0.25, -0.2) is 0 Å². The monoisotopic (exact) mass is 261 g/mol. The van der Waals surface area contributed by atoms with Gasteiger partial charge in [-0.1, -0.05) is 6.92 Å². The van der Waals surface area contributed by atoms with Crippen molar-refractivity contribution < 1.29 is 0 Å². The van der Waals surface area contributed by atoms with Gasteiger partial charge < -0.3 is 5.32 Å². The van der Waals surface area contributed by atoms with E-state index in [0.717, 1.165) is 0 Å². The van der Waals surface area contributed by atoms with Crippen molar-refractivity contribution in [3.63, 3.8) is 0 Å². The molecule has 0 amide bonds. The predicted molar refractivity (Wildman–Crippen MR) is 63.3 cm³/mol. The Bertz CT molecular complexity index is 259. The minimum atomic E-state index is 0.464. The molecule has 0 radical (unpaired) electrons. The van der Waals surface area contributed by atoms with Gasteiger partial charge in [0.05, 0.1) is 3.79 Å². The van der Waals surface area contributed by atoms with Crippen molar-refractivity contribution in [2.24, 2.45) is 0 Å². The fraction of sp³-hybridized carbons (Fsp3) is 0.600. The maximum absolute atomic E-state index is 3.55. The molecule has 0 aromatic carbocycles.